The largest absolute Gasteiger partial charge is 0.353 e. The van der Waals surface area contributed by atoms with Crippen molar-refractivity contribution >= 4 is 54.1 Å². The first-order valence-corrected chi connectivity index (χ1v) is 11.1. The average Bonchev–Trinajstić information content (AvgIpc) is 3.45. The number of hydrogen-bond acceptors (Lipinski definition) is 4. The van der Waals surface area contributed by atoms with Crippen LogP contribution in [0, 0.1) is 6.92 Å². The van der Waals surface area contributed by atoms with Crippen LogP contribution in [0.4, 0.5) is 11.4 Å². The van der Waals surface area contributed by atoms with E-state index in [4.69, 9.17) is 4.74 Å². The minimum absolute atomic E-state index is 0.0566. The molecule has 2 aliphatic rings. The van der Waals surface area contributed by atoms with Crippen molar-refractivity contribution < 1.29 is 4.74 Å². The fourth-order valence-corrected chi connectivity index (χ4v) is 5.08. The molecule has 1 unspecified atom stereocenters. The molecule has 1 atom stereocenters. The fraction of sp³-hybridized carbons (Fsp3) is 0.333. The molecule has 1 N–H and O–H groups in total. The third-order valence-corrected chi connectivity index (χ3v) is 6.77. The Morgan fingerprint density at radius 1 is 1.14 bits per heavy atom. The molecule has 0 amide bonds. The van der Waals surface area contributed by atoms with E-state index in [1.807, 2.05) is 17.1 Å². The lowest BCUT2D eigenvalue weighted by molar-refractivity contribution is 0.00869. The van der Waals surface area contributed by atoms with Gasteiger partial charge in [-0.2, -0.15) is 5.10 Å². The van der Waals surface area contributed by atoms with Crippen LogP contribution >= 0.6 is 31.9 Å². The van der Waals surface area contributed by atoms with Crippen LogP contribution in [0.15, 0.2) is 45.6 Å². The van der Waals surface area contributed by atoms with Gasteiger partial charge in [-0.15, -0.1) is 0 Å². The maximum atomic E-state index is 5.88. The van der Waals surface area contributed by atoms with Crippen LogP contribution in [0.5, 0.6) is 0 Å². The zero-order valence-electron chi connectivity index (χ0n) is 15.5. The van der Waals surface area contributed by atoms with Gasteiger partial charge in [0, 0.05) is 23.9 Å². The summed E-state index contributed by atoms with van der Waals surface area (Å²) in [5.41, 5.74) is 5.44. The highest BCUT2D eigenvalue weighted by Gasteiger charge is 2.29. The van der Waals surface area contributed by atoms with Crippen LogP contribution in [0.1, 0.15) is 42.7 Å². The first-order valence-electron chi connectivity index (χ1n) is 9.48. The molecule has 28 heavy (non-hydrogen) atoms. The maximum Gasteiger partial charge on any atom is 0.154 e. The van der Waals surface area contributed by atoms with Crippen molar-refractivity contribution in [3.05, 3.63) is 56.9 Å². The number of fused-ring (bicyclic) bond motifs is 1. The van der Waals surface area contributed by atoms with E-state index in [0.717, 1.165) is 43.3 Å². The predicted molar refractivity (Wildman–Crippen MR) is 118 cm³/mol. The molecule has 144 valence electrons. The fourth-order valence-electron chi connectivity index (χ4n) is 3.67. The topological polar surface area (TPSA) is 52.0 Å². The lowest BCUT2D eigenvalue weighted by Crippen LogP contribution is -2.16. The number of ether oxygens (including phenoxy) is 1. The number of rotatable bonds is 4. The van der Waals surface area contributed by atoms with E-state index in [-0.39, 0.29) is 6.23 Å². The number of nitrogens with one attached hydrogen (secondary N) is 1. The second kappa shape index (κ2) is 7.28. The molecule has 1 aliphatic heterocycles. The minimum atomic E-state index is -0.0566. The van der Waals surface area contributed by atoms with Crippen LogP contribution < -0.4 is 5.32 Å². The Morgan fingerprint density at radius 2 is 2.00 bits per heavy atom. The molecule has 0 saturated heterocycles. The molecular weight excluding hydrogens is 484 g/mol. The summed E-state index contributed by atoms with van der Waals surface area (Å²) < 4.78 is 9.83. The van der Waals surface area contributed by atoms with E-state index in [0.29, 0.717) is 12.5 Å². The zero-order valence-corrected chi connectivity index (χ0v) is 18.6. The van der Waals surface area contributed by atoms with Gasteiger partial charge in [0.1, 0.15) is 0 Å². The molecule has 2 aromatic heterocycles. The van der Waals surface area contributed by atoms with E-state index in [1.165, 1.54) is 18.4 Å². The van der Waals surface area contributed by atoms with Gasteiger partial charge >= 0.3 is 0 Å². The van der Waals surface area contributed by atoms with Gasteiger partial charge in [0.15, 0.2) is 6.23 Å². The molecule has 1 saturated carbocycles. The third-order valence-electron chi connectivity index (χ3n) is 5.37. The van der Waals surface area contributed by atoms with Gasteiger partial charge in [-0.3, -0.25) is 4.98 Å². The van der Waals surface area contributed by atoms with Gasteiger partial charge in [0.25, 0.3) is 0 Å². The quantitative estimate of drug-likeness (QED) is 0.421. The van der Waals surface area contributed by atoms with Crippen molar-refractivity contribution in [2.75, 3.05) is 11.9 Å². The Bertz CT molecular complexity index is 1090. The van der Waals surface area contributed by atoms with Crippen molar-refractivity contribution in [1.82, 2.24) is 14.8 Å². The number of benzene rings is 1. The van der Waals surface area contributed by atoms with Gasteiger partial charge in [-0.25, -0.2) is 4.68 Å². The summed E-state index contributed by atoms with van der Waals surface area (Å²) in [7, 11) is 0. The summed E-state index contributed by atoms with van der Waals surface area (Å²) in [6, 6.07) is 4.25. The number of hydrogen-bond donors (Lipinski definition) is 1. The highest BCUT2D eigenvalue weighted by Crippen LogP contribution is 2.46. The van der Waals surface area contributed by atoms with Crippen molar-refractivity contribution in [2.45, 2.75) is 38.3 Å². The number of aryl methyl sites for hydroxylation is 1. The first-order chi connectivity index (χ1) is 13.6. The highest BCUT2D eigenvalue weighted by molar-refractivity contribution is 9.11. The number of aromatic nitrogens is 3. The van der Waals surface area contributed by atoms with E-state index in [2.05, 4.69) is 78.5 Å². The summed E-state index contributed by atoms with van der Waals surface area (Å²) in [5, 5.41) is 9.38. The van der Waals surface area contributed by atoms with Crippen LogP contribution in [0.25, 0.3) is 10.9 Å². The molecule has 5 rings (SSSR count). The monoisotopic (exact) mass is 502 g/mol. The molecule has 0 spiro atoms. The maximum absolute atomic E-state index is 5.88. The van der Waals surface area contributed by atoms with Gasteiger partial charge in [0.05, 0.1) is 44.3 Å². The molecule has 0 radical (unpaired) electrons. The van der Waals surface area contributed by atoms with Gasteiger partial charge < -0.3 is 10.1 Å². The minimum Gasteiger partial charge on any atom is -0.353 e. The molecular formula is C21H20Br2N4O. The summed E-state index contributed by atoms with van der Waals surface area (Å²) in [4.78, 5) is 4.62. The Balaban J connectivity index is 1.58. The normalized spacial score (nSPS) is 19.3. The molecule has 7 heteroatoms. The van der Waals surface area contributed by atoms with E-state index in [9.17, 15) is 0 Å². The Morgan fingerprint density at radius 3 is 2.75 bits per heavy atom. The Labute approximate surface area is 180 Å². The third kappa shape index (κ3) is 3.19. The Kier molecular flexibility index (Phi) is 4.77. The zero-order chi connectivity index (χ0) is 19.3. The molecule has 1 aliphatic carbocycles. The van der Waals surface area contributed by atoms with Crippen molar-refractivity contribution in [3.8, 4) is 0 Å². The van der Waals surface area contributed by atoms with Crippen LogP contribution in [-0.4, -0.2) is 21.4 Å². The molecule has 3 heterocycles. The SMILES string of the molecule is Cc1ccc2c(cnn2C2CC=CCO2)c1Nc1c(Br)cnc(C2CC2)c1Br. The lowest BCUT2D eigenvalue weighted by Gasteiger charge is -2.20. The molecule has 0 bridgehead atoms. The van der Waals surface area contributed by atoms with Crippen molar-refractivity contribution in [3.63, 3.8) is 0 Å². The highest BCUT2D eigenvalue weighted by atomic mass is 79.9. The van der Waals surface area contributed by atoms with E-state index < -0.39 is 0 Å². The first kappa shape index (κ1) is 18.3. The van der Waals surface area contributed by atoms with Crippen molar-refractivity contribution in [2.24, 2.45) is 0 Å². The van der Waals surface area contributed by atoms with Gasteiger partial charge in [0.2, 0.25) is 0 Å². The summed E-state index contributed by atoms with van der Waals surface area (Å²) in [6.45, 7) is 2.74. The molecule has 1 fully saturated rings. The van der Waals surface area contributed by atoms with Gasteiger partial charge in [-0.1, -0.05) is 18.2 Å². The number of anilines is 2. The standard InChI is InChI=1S/C21H20Br2N4O/c1-12-5-8-16-14(10-25-27(16)17-4-2-3-9-28-17)19(12)26-21-15(22)11-24-20(18(21)23)13-6-7-13/h2-3,5,8,10-11,13,17H,4,6-7,9H2,1H3,(H,24,26). The van der Waals surface area contributed by atoms with Crippen LogP contribution in [0.2, 0.25) is 0 Å². The second-order valence-corrected chi connectivity index (χ2v) is 9.00. The van der Waals surface area contributed by atoms with Gasteiger partial charge in [-0.05, 0) is 63.3 Å². The average molecular weight is 504 g/mol. The van der Waals surface area contributed by atoms with Crippen LogP contribution in [-0.2, 0) is 4.74 Å². The molecule has 5 nitrogen and oxygen atoms in total. The lowest BCUT2D eigenvalue weighted by atomic mass is 10.1. The van der Waals surface area contributed by atoms with Crippen LogP contribution in [0.3, 0.4) is 0 Å². The smallest absolute Gasteiger partial charge is 0.154 e. The van der Waals surface area contributed by atoms with Crippen molar-refractivity contribution in [1.29, 1.82) is 0 Å². The van der Waals surface area contributed by atoms with E-state index in [1.54, 1.807) is 0 Å². The summed E-state index contributed by atoms with van der Waals surface area (Å²) in [6.07, 6.45) is 11.2. The van der Waals surface area contributed by atoms with E-state index >= 15 is 0 Å². The second-order valence-electron chi connectivity index (χ2n) is 7.35. The Hall–Kier alpha value is -1.70. The molecule has 1 aromatic carbocycles. The number of nitrogens with zero attached hydrogens (tertiary/aromatic N) is 3. The predicted octanol–water partition coefficient (Wildman–Crippen LogP) is 6.36. The summed E-state index contributed by atoms with van der Waals surface area (Å²) in [5.74, 6) is 0.569. The molecule has 3 aromatic rings. The number of pyridine rings is 1. The number of halogens is 2. The summed E-state index contributed by atoms with van der Waals surface area (Å²) >= 11 is 7.44.